The SMILES string of the molecule is CCCOc1ccc(C(C)NC(=O)COCCOc2ccccc2)cc1OC. The van der Waals surface area contributed by atoms with Crippen molar-refractivity contribution in [1.29, 1.82) is 0 Å². The molecule has 0 saturated carbocycles. The summed E-state index contributed by atoms with van der Waals surface area (Å²) >= 11 is 0. The lowest BCUT2D eigenvalue weighted by Crippen LogP contribution is -2.30. The van der Waals surface area contributed by atoms with Crippen LogP contribution in [0.15, 0.2) is 48.5 Å². The van der Waals surface area contributed by atoms with Crippen LogP contribution in [0.5, 0.6) is 17.2 Å². The summed E-state index contributed by atoms with van der Waals surface area (Å²) in [6.45, 7) is 5.31. The van der Waals surface area contributed by atoms with E-state index in [9.17, 15) is 4.79 Å². The van der Waals surface area contributed by atoms with Gasteiger partial charge in [-0.25, -0.2) is 0 Å². The molecule has 0 saturated heterocycles. The molecule has 2 rings (SSSR count). The van der Waals surface area contributed by atoms with E-state index in [1.54, 1.807) is 7.11 Å². The Labute approximate surface area is 166 Å². The van der Waals surface area contributed by atoms with Crippen molar-refractivity contribution in [2.75, 3.05) is 33.5 Å². The first-order chi connectivity index (χ1) is 13.6. The molecular formula is C22H29NO5. The molecule has 0 aromatic heterocycles. The number of benzene rings is 2. The van der Waals surface area contributed by atoms with E-state index in [0.29, 0.717) is 31.3 Å². The molecule has 2 aromatic rings. The number of methoxy groups -OCH3 is 1. The van der Waals surface area contributed by atoms with Crippen molar-refractivity contribution in [3.63, 3.8) is 0 Å². The van der Waals surface area contributed by atoms with E-state index in [2.05, 4.69) is 5.32 Å². The second-order valence-corrected chi connectivity index (χ2v) is 6.26. The number of nitrogens with one attached hydrogen (secondary N) is 1. The lowest BCUT2D eigenvalue weighted by Gasteiger charge is -2.17. The van der Waals surface area contributed by atoms with Gasteiger partial charge in [-0.15, -0.1) is 0 Å². The van der Waals surface area contributed by atoms with E-state index in [0.717, 1.165) is 17.7 Å². The maximum Gasteiger partial charge on any atom is 0.246 e. The molecule has 1 amide bonds. The molecule has 0 aliphatic heterocycles. The van der Waals surface area contributed by atoms with Crippen molar-refractivity contribution in [2.24, 2.45) is 0 Å². The van der Waals surface area contributed by atoms with E-state index in [1.807, 2.05) is 62.4 Å². The van der Waals surface area contributed by atoms with Gasteiger partial charge in [0.25, 0.3) is 0 Å². The van der Waals surface area contributed by atoms with Crippen LogP contribution in [0.25, 0.3) is 0 Å². The Hall–Kier alpha value is -2.73. The predicted molar refractivity (Wildman–Crippen MR) is 108 cm³/mol. The van der Waals surface area contributed by atoms with Crippen molar-refractivity contribution in [1.82, 2.24) is 5.32 Å². The third-order valence-electron chi connectivity index (χ3n) is 4.00. The fourth-order valence-electron chi connectivity index (χ4n) is 2.55. The minimum atomic E-state index is -0.183. The van der Waals surface area contributed by atoms with Crippen molar-refractivity contribution in [3.05, 3.63) is 54.1 Å². The van der Waals surface area contributed by atoms with Crippen molar-refractivity contribution >= 4 is 5.91 Å². The number of rotatable bonds is 12. The molecule has 0 aliphatic carbocycles. The summed E-state index contributed by atoms with van der Waals surface area (Å²) in [5, 5.41) is 2.92. The van der Waals surface area contributed by atoms with E-state index in [-0.39, 0.29) is 18.6 Å². The lowest BCUT2D eigenvalue weighted by molar-refractivity contribution is -0.126. The minimum absolute atomic E-state index is 0.0165. The molecule has 6 nitrogen and oxygen atoms in total. The summed E-state index contributed by atoms with van der Waals surface area (Å²) < 4.78 is 21.9. The zero-order valence-electron chi connectivity index (χ0n) is 16.8. The van der Waals surface area contributed by atoms with Gasteiger partial charge in [0.1, 0.15) is 19.0 Å². The average Bonchev–Trinajstić information content (AvgIpc) is 2.72. The molecule has 6 heteroatoms. The van der Waals surface area contributed by atoms with Crippen LogP contribution in [-0.2, 0) is 9.53 Å². The zero-order chi connectivity index (χ0) is 20.2. The zero-order valence-corrected chi connectivity index (χ0v) is 16.8. The van der Waals surface area contributed by atoms with Crippen molar-refractivity contribution < 1.29 is 23.7 Å². The highest BCUT2D eigenvalue weighted by Gasteiger charge is 2.13. The largest absolute Gasteiger partial charge is 0.493 e. The van der Waals surface area contributed by atoms with Gasteiger partial charge in [-0.1, -0.05) is 31.2 Å². The third kappa shape index (κ3) is 7.12. The second-order valence-electron chi connectivity index (χ2n) is 6.26. The molecule has 152 valence electrons. The Morgan fingerprint density at radius 1 is 1.00 bits per heavy atom. The quantitative estimate of drug-likeness (QED) is 0.562. The standard InChI is InChI=1S/C22H29NO5/c1-4-12-28-20-11-10-18(15-21(20)25-3)17(2)23-22(24)16-26-13-14-27-19-8-6-5-7-9-19/h5-11,15,17H,4,12-14,16H2,1-3H3,(H,23,24). The van der Waals surface area contributed by atoms with Gasteiger partial charge < -0.3 is 24.3 Å². The predicted octanol–water partition coefficient (Wildman–Crippen LogP) is 3.76. The molecule has 0 fully saturated rings. The van der Waals surface area contributed by atoms with Gasteiger partial charge >= 0.3 is 0 Å². The first-order valence-corrected chi connectivity index (χ1v) is 9.49. The van der Waals surface area contributed by atoms with Gasteiger partial charge in [0.05, 0.1) is 26.4 Å². The highest BCUT2D eigenvalue weighted by molar-refractivity contribution is 5.77. The number of carbonyl (C=O) groups is 1. The van der Waals surface area contributed by atoms with Gasteiger partial charge in [0, 0.05) is 0 Å². The number of hydrogen-bond donors (Lipinski definition) is 1. The number of ether oxygens (including phenoxy) is 4. The van der Waals surface area contributed by atoms with Gasteiger partial charge in [0.15, 0.2) is 11.5 Å². The molecular weight excluding hydrogens is 358 g/mol. The molecule has 2 aromatic carbocycles. The van der Waals surface area contributed by atoms with Crippen LogP contribution in [0.1, 0.15) is 31.9 Å². The lowest BCUT2D eigenvalue weighted by atomic mass is 10.1. The Morgan fingerprint density at radius 2 is 1.79 bits per heavy atom. The summed E-state index contributed by atoms with van der Waals surface area (Å²) in [6.07, 6.45) is 0.924. The fourth-order valence-corrected chi connectivity index (χ4v) is 2.55. The maximum absolute atomic E-state index is 12.1. The molecule has 1 atom stereocenters. The van der Waals surface area contributed by atoms with Crippen molar-refractivity contribution in [3.8, 4) is 17.2 Å². The average molecular weight is 387 g/mol. The Bertz CT molecular complexity index is 720. The number of carbonyl (C=O) groups excluding carboxylic acids is 1. The van der Waals surface area contributed by atoms with Gasteiger partial charge in [-0.05, 0) is 43.2 Å². The van der Waals surface area contributed by atoms with Crippen LogP contribution in [0, 0.1) is 0 Å². The van der Waals surface area contributed by atoms with Crippen LogP contribution in [0.3, 0.4) is 0 Å². The van der Waals surface area contributed by atoms with Gasteiger partial charge in [-0.2, -0.15) is 0 Å². The van der Waals surface area contributed by atoms with Crippen LogP contribution >= 0.6 is 0 Å². The Morgan fingerprint density at radius 3 is 2.50 bits per heavy atom. The third-order valence-corrected chi connectivity index (χ3v) is 4.00. The van der Waals surface area contributed by atoms with Crippen molar-refractivity contribution in [2.45, 2.75) is 26.3 Å². The number of amides is 1. The highest BCUT2D eigenvalue weighted by Crippen LogP contribution is 2.30. The summed E-state index contributed by atoms with van der Waals surface area (Å²) in [6, 6.07) is 15.0. The van der Waals surface area contributed by atoms with E-state index >= 15 is 0 Å². The first kappa shape index (κ1) is 21.6. The molecule has 28 heavy (non-hydrogen) atoms. The molecule has 0 spiro atoms. The topological polar surface area (TPSA) is 66.0 Å². The summed E-state index contributed by atoms with van der Waals surface area (Å²) in [5.74, 6) is 1.96. The van der Waals surface area contributed by atoms with E-state index < -0.39 is 0 Å². The molecule has 0 radical (unpaired) electrons. The number of hydrogen-bond acceptors (Lipinski definition) is 5. The molecule has 1 N–H and O–H groups in total. The molecule has 0 heterocycles. The monoisotopic (exact) mass is 387 g/mol. The van der Waals surface area contributed by atoms with Crippen LogP contribution in [0.2, 0.25) is 0 Å². The smallest absolute Gasteiger partial charge is 0.246 e. The van der Waals surface area contributed by atoms with E-state index in [1.165, 1.54) is 0 Å². The van der Waals surface area contributed by atoms with Crippen LogP contribution < -0.4 is 19.5 Å². The second kappa shape index (κ2) is 11.9. The fraction of sp³-hybridized carbons (Fsp3) is 0.409. The van der Waals surface area contributed by atoms with Crippen LogP contribution in [0.4, 0.5) is 0 Å². The normalized spacial score (nSPS) is 11.5. The minimum Gasteiger partial charge on any atom is -0.493 e. The molecule has 0 bridgehead atoms. The summed E-state index contributed by atoms with van der Waals surface area (Å²) in [7, 11) is 1.60. The Balaban J connectivity index is 1.73. The first-order valence-electron chi connectivity index (χ1n) is 9.49. The number of para-hydroxylation sites is 1. The van der Waals surface area contributed by atoms with Gasteiger partial charge in [0.2, 0.25) is 5.91 Å². The molecule has 0 aliphatic rings. The maximum atomic E-state index is 12.1. The molecule has 1 unspecified atom stereocenters. The summed E-state index contributed by atoms with van der Waals surface area (Å²) in [4.78, 5) is 12.1. The van der Waals surface area contributed by atoms with Crippen LogP contribution in [-0.4, -0.2) is 39.4 Å². The Kier molecular flexibility index (Phi) is 9.15. The van der Waals surface area contributed by atoms with E-state index in [4.69, 9.17) is 18.9 Å². The highest BCUT2D eigenvalue weighted by atomic mass is 16.5. The van der Waals surface area contributed by atoms with Gasteiger partial charge in [-0.3, -0.25) is 4.79 Å². The summed E-state index contributed by atoms with van der Waals surface area (Å²) in [5.41, 5.74) is 0.932.